The number of nitrogens with zero attached hydrogens (tertiary/aromatic N) is 6. The lowest BCUT2D eigenvalue weighted by Crippen LogP contribution is -2.17. The second-order valence-electron chi connectivity index (χ2n) is 29.3. The maximum Gasteiger partial charge on any atom is 0.136 e. The zero-order chi connectivity index (χ0) is 72.3. The van der Waals surface area contributed by atoms with Crippen LogP contribution in [-0.4, -0.2) is 82.4 Å². The van der Waals surface area contributed by atoms with Gasteiger partial charge in [0.2, 0.25) is 0 Å². The highest BCUT2D eigenvalue weighted by atomic mass is 32.3. The third kappa shape index (κ3) is 35.3. The highest BCUT2D eigenvalue weighted by Gasteiger charge is 2.25. The van der Waals surface area contributed by atoms with Gasteiger partial charge in [0.1, 0.15) is 52.2 Å². The van der Waals surface area contributed by atoms with Gasteiger partial charge in [-0.1, -0.05) is 365 Å². The molecule has 0 unspecified atom stereocenters. The summed E-state index contributed by atoms with van der Waals surface area (Å²) in [6, 6.07) is 21.6. The molecule has 0 aliphatic carbocycles. The number of benzene rings is 3. The zero-order valence-electron chi connectivity index (χ0n) is 64.1. The van der Waals surface area contributed by atoms with E-state index in [1.165, 1.54) is 265 Å². The molecule has 0 amide bonds. The van der Waals surface area contributed by atoms with Crippen molar-refractivity contribution in [1.29, 1.82) is 0 Å². The molecule has 558 valence electrons. The molecular weight excluding hydrogens is 1440 g/mol. The number of thioether (sulfide) groups is 8. The molecule has 2 aliphatic heterocycles. The Bertz CT molecular complexity index is 3170. The molecule has 102 heavy (non-hydrogen) atoms. The van der Waals surface area contributed by atoms with E-state index in [2.05, 4.69) is 218 Å². The van der Waals surface area contributed by atoms with Gasteiger partial charge in [-0.05, 0) is 72.0 Å². The topological polar surface area (TPSA) is 79.9 Å². The third-order valence-corrected chi connectivity index (χ3v) is 30.3. The van der Waals surface area contributed by atoms with Crippen LogP contribution in [0.25, 0.3) is 34.7 Å². The van der Waals surface area contributed by atoms with Crippen molar-refractivity contribution in [1.82, 2.24) is 30.0 Å². The highest BCUT2D eigenvalue weighted by Crippen LogP contribution is 2.59. The van der Waals surface area contributed by atoms with Crippen molar-refractivity contribution in [3.05, 3.63) is 121 Å². The van der Waals surface area contributed by atoms with Crippen LogP contribution in [0.3, 0.4) is 0 Å². The van der Waals surface area contributed by atoms with Crippen LogP contribution in [0.2, 0.25) is 39.3 Å². The summed E-state index contributed by atoms with van der Waals surface area (Å²) in [5, 5.41) is 18.4. The van der Waals surface area contributed by atoms with Crippen molar-refractivity contribution < 1.29 is 9.47 Å². The number of unbranched alkanes of at least 4 members (excludes halogenated alkanes) is 28. The van der Waals surface area contributed by atoms with Crippen molar-refractivity contribution in [3.63, 3.8) is 0 Å². The molecule has 4 heterocycles. The summed E-state index contributed by atoms with van der Waals surface area (Å²) in [5.74, 6) is 13.3. The smallest absolute Gasteiger partial charge is 0.136 e. The molecular formula is C84H124N6O2S8Si2. The van der Waals surface area contributed by atoms with E-state index in [9.17, 15) is 0 Å². The van der Waals surface area contributed by atoms with Crippen LogP contribution in [0.15, 0.2) is 98.5 Å². The molecule has 0 saturated heterocycles. The molecule has 0 atom stereocenters. The Morgan fingerprint density at radius 3 is 0.931 bits per heavy atom. The SMILES string of the molecule is CCCCCCCCCCSC1=C(SCCCCCCCCCC)SC(=Cc2ccc(-c3cn(CCOc4cc(C#C[Si](C)(C)C)c(OCCn5cc(-c6ccc(C=C7SC(SCCCCCCCCCC)=C(SCCCCCCCCCC)S7)cc6)nn5)cc4C#C[Si](C)(C)C)nn3)cc2)S1. The summed E-state index contributed by atoms with van der Waals surface area (Å²) in [7, 11) is -3.53. The van der Waals surface area contributed by atoms with Gasteiger partial charge in [0.25, 0.3) is 0 Å². The summed E-state index contributed by atoms with van der Waals surface area (Å²) < 4.78 is 25.8. The molecule has 0 fully saturated rings. The Morgan fingerprint density at radius 1 is 0.382 bits per heavy atom. The van der Waals surface area contributed by atoms with E-state index in [0.717, 1.165) is 33.6 Å². The number of aromatic nitrogens is 6. The molecule has 0 bridgehead atoms. The lowest BCUT2D eigenvalue weighted by atomic mass is 10.1. The van der Waals surface area contributed by atoms with Gasteiger partial charge in [-0.2, -0.15) is 0 Å². The minimum absolute atomic E-state index is 0.379. The van der Waals surface area contributed by atoms with Crippen molar-refractivity contribution in [2.24, 2.45) is 0 Å². The first-order valence-corrected chi connectivity index (χ1v) is 53.6. The standard InChI is InChI=1S/C84H124N6O2S8Si2/c1-11-15-19-23-27-31-35-39-57-93-81-82(94-58-40-36-32-28-24-20-16-12-2)98-79(97-81)63-69-43-47-71(48-44-69)75-67-89(87-85-75)53-55-91-77-65-74(52-62-102(8,9)10)78(66-73(77)51-61-101(5,6)7)92-56-54-90-68-76(86-88-90)72-49-45-70(46-50-72)64-80-99-83(95-59-41-37-33-29-25-21-17-13-3)84(100-80)96-60-42-38-34-30-26-22-18-14-4/h43-50,63-68H,11-42,53-60H2,1-10H3. The Kier molecular flexibility index (Phi) is 42.6. The average Bonchev–Trinajstić information content (AvgIpc) is 0.846. The van der Waals surface area contributed by atoms with Crippen LogP contribution in [0.1, 0.15) is 255 Å². The Labute approximate surface area is 655 Å². The molecule has 18 heteroatoms. The van der Waals surface area contributed by atoms with Crippen molar-refractivity contribution >= 4 is 122 Å². The first kappa shape index (κ1) is 86.1. The predicted molar refractivity (Wildman–Crippen MR) is 469 cm³/mol. The summed E-state index contributed by atoms with van der Waals surface area (Å²) >= 11 is 16.3. The summed E-state index contributed by atoms with van der Waals surface area (Å²) in [5.41, 5.74) is 14.9. The fourth-order valence-corrected chi connectivity index (χ4v) is 24.4. The third-order valence-electron chi connectivity index (χ3n) is 17.5. The first-order valence-electron chi connectivity index (χ1n) is 39.3. The summed E-state index contributed by atoms with van der Waals surface area (Å²) in [6.45, 7) is 24.6. The number of rotatable bonds is 52. The van der Waals surface area contributed by atoms with E-state index in [0.29, 0.717) is 37.8 Å². The largest absolute Gasteiger partial charge is 0.490 e. The van der Waals surface area contributed by atoms with E-state index in [1.54, 1.807) is 0 Å². The van der Waals surface area contributed by atoms with Gasteiger partial charge in [0.15, 0.2) is 0 Å². The first-order chi connectivity index (χ1) is 49.7. The molecule has 2 aliphatic rings. The lowest BCUT2D eigenvalue weighted by Gasteiger charge is -2.14. The molecule has 0 radical (unpaired) electrons. The van der Waals surface area contributed by atoms with Gasteiger partial charge in [-0.15, -0.1) is 68.3 Å². The average molecular weight is 1560 g/mol. The molecule has 0 spiro atoms. The normalized spacial score (nSPS) is 13.3. The Hall–Kier alpha value is -3.15. The van der Waals surface area contributed by atoms with Gasteiger partial charge >= 0.3 is 0 Å². The van der Waals surface area contributed by atoms with Gasteiger partial charge in [0.05, 0.1) is 62.0 Å². The van der Waals surface area contributed by atoms with Crippen LogP contribution in [0.5, 0.6) is 11.5 Å². The molecule has 2 aromatic heterocycles. The van der Waals surface area contributed by atoms with Crippen molar-refractivity contribution in [2.75, 3.05) is 36.2 Å². The lowest BCUT2D eigenvalue weighted by molar-refractivity contribution is 0.281. The van der Waals surface area contributed by atoms with Crippen LogP contribution >= 0.6 is 94.1 Å². The van der Waals surface area contributed by atoms with E-state index < -0.39 is 16.1 Å². The Balaban J connectivity index is 0.927. The van der Waals surface area contributed by atoms with Crippen LogP contribution in [-0.2, 0) is 13.1 Å². The maximum absolute atomic E-state index is 6.64. The van der Waals surface area contributed by atoms with Gasteiger partial charge in [-0.25, -0.2) is 9.36 Å². The van der Waals surface area contributed by atoms with Crippen LogP contribution in [0, 0.1) is 22.9 Å². The zero-order valence-corrected chi connectivity index (χ0v) is 72.7. The predicted octanol–water partition coefficient (Wildman–Crippen LogP) is 28.1. The second-order valence-corrected chi connectivity index (χ2v) is 49.0. The molecule has 0 N–H and O–H groups in total. The van der Waals surface area contributed by atoms with E-state index in [1.807, 2.05) is 80.9 Å². The Morgan fingerprint density at radius 2 is 0.657 bits per heavy atom. The van der Waals surface area contributed by atoms with E-state index in [-0.39, 0.29) is 0 Å². The van der Waals surface area contributed by atoms with Gasteiger partial charge in [0, 0.05) is 23.3 Å². The summed E-state index contributed by atoms with van der Waals surface area (Å²) in [4.78, 5) is 0. The fraction of sp³-hybridized carbons (Fsp3) is 0.595. The molecule has 8 nitrogen and oxygen atoms in total. The van der Waals surface area contributed by atoms with Crippen LogP contribution < -0.4 is 9.47 Å². The minimum atomic E-state index is -1.76. The number of ether oxygens (including phenoxy) is 2. The molecule has 7 rings (SSSR count). The number of hydrogen-bond acceptors (Lipinski definition) is 14. The van der Waals surface area contributed by atoms with E-state index in [4.69, 9.17) is 9.47 Å². The quantitative estimate of drug-likeness (QED) is 0.0211. The van der Waals surface area contributed by atoms with Gasteiger partial charge < -0.3 is 9.47 Å². The van der Waals surface area contributed by atoms with Crippen molar-refractivity contribution in [3.8, 4) is 56.9 Å². The fourth-order valence-electron chi connectivity index (χ4n) is 11.5. The van der Waals surface area contributed by atoms with Crippen molar-refractivity contribution in [2.45, 2.75) is 286 Å². The minimum Gasteiger partial charge on any atom is -0.490 e. The molecule has 0 saturated carbocycles. The highest BCUT2D eigenvalue weighted by molar-refractivity contribution is 8.41. The van der Waals surface area contributed by atoms with Crippen LogP contribution in [0.4, 0.5) is 0 Å². The van der Waals surface area contributed by atoms with Gasteiger partial charge in [-0.3, -0.25) is 0 Å². The molecule has 3 aromatic carbocycles. The second kappa shape index (κ2) is 50.5. The summed E-state index contributed by atoms with van der Waals surface area (Å²) in [6.07, 6.45) is 52.4. The number of hydrogen-bond donors (Lipinski definition) is 0. The van der Waals surface area contributed by atoms with E-state index >= 15 is 0 Å². The monoisotopic (exact) mass is 1560 g/mol. The molecule has 5 aromatic rings. The maximum atomic E-state index is 6.64.